The third kappa shape index (κ3) is 3.57. The molecule has 1 aromatic rings. The van der Waals surface area contributed by atoms with Crippen molar-refractivity contribution in [1.29, 1.82) is 0 Å². The molecule has 0 fully saturated rings. The van der Waals surface area contributed by atoms with Crippen molar-refractivity contribution in [1.82, 2.24) is 5.32 Å². The number of aryl methyl sites for hydroxylation is 2. The Labute approximate surface area is 110 Å². The van der Waals surface area contributed by atoms with Crippen molar-refractivity contribution in [2.75, 3.05) is 7.11 Å². The Morgan fingerprint density at radius 1 is 1.33 bits per heavy atom. The lowest BCUT2D eigenvalue weighted by molar-refractivity contribution is -0.143. The molecule has 2 unspecified atom stereocenters. The molecule has 0 aliphatic heterocycles. The van der Waals surface area contributed by atoms with Gasteiger partial charge in [0.05, 0.1) is 7.11 Å². The molecule has 1 rings (SSSR count). The van der Waals surface area contributed by atoms with Crippen LogP contribution >= 0.6 is 0 Å². The molecular formula is C15H23NO2. The van der Waals surface area contributed by atoms with Gasteiger partial charge in [-0.2, -0.15) is 0 Å². The molecule has 0 radical (unpaired) electrons. The summed E-state index contributed by atoms with van der Waals surface area (Å²) >= 11 is 0. The second-order valence-corrected chi connectivity index (χ2v) is 4.78. The minimum absolute atomic E-state index is 0.237. The van der Waals surface area contributed by atoms with Crippen molar-refractivity contribution < 1.29 is 9.53 Å². The summed E-state index contributed by atoms with van der Waals surface area (Å²) in [6.45, 7) is 8.27. The molecule has 0 amide bonds. The zero-order valence-corrected chi connectivity index (χ0v) is 11.9. The number of carbonyl (C=O) groups excluding carboxylic acids is 1. The van der Waals surface area contributed by atoms with E-state index in [4.69, 9.17) is 4.74 Å². The van der Waals surface area contributed by atoms with Crippen molar-refractivity contribution >= 4 is 5.97 Å². The van der Waals surface area contributed by atoms with Gasteiger partial charge >= 0.3 is 5.97 Å². The topological polar surface area (TPSA) is 38.3 Å². The first-order valence-corrected chi connectivity index (χ1v) is 6.40. The molecule has 1 N–H and O–H groups in total. The maximum atomic E-state index is 11.9. The van der Waals surface area contributed by atoms with Crippen LogP contribution in [0.25, 0.3) is 0 Å². The number of esters is 1. The molecule has 18 heavy (non-hydrogen) atoms. The van der Waals surface area contributed by atoms with Gasteiger partial charge in [-0.3, -0.25) is 5.32 Å². The minimum atomic E-state index is -0.385. The van der Waals surface area contributed by atoms with Crippen LogP contribution in [0.5, 0.6) is 0 Å². The van der Waals surface area contributed by atoms with Crippen molar-refractivity contribution in [3.05, 3.63) is 34.9 Å². The summed E-state index contributed by atoms with van der Waals surface area (Å²) in [7, 11) is 1.43. The van der Waals surface area contributed by atoms with Gasteiger partial charge in [0.25, 0.3) is 0 Å². The molecule has 0 aromatic heterocycles. The smallest absolute Gasteiger partial charge is 0.327 e. The van der Waals surface area contributed by atoms with E-state index in [-0.39, 0.29) is 18.1 Å². The van der Waals surface area contributed by atoms with Crippen LogP contribution in [0, 0.1) is 13.8 Å². The highest BCUT2D eigenvalue weighted by Gasteiger charge is 2.22. The standard InChI is InChI=1S/C15H23NO2/c1-6-12(4)16-14(15(17)18-5)13-8-7-10(2)11(3)9-13/h7-9,12,14,16H,6H2,1-5H3. The van der Waals surface area contributed by atoms with E-state index in [1.807, 2.05) is 18.2 Å². The number of methoxy groups -OCH3 is 1. The predicted molar refractivity (Wildman–Crippen MR) is 73.6 cm³/mol. The Kier molecular flexibility index (Phi) is 5.35. The van der Waals surface area contributed by atoms with E-state index in [9.17, 15) is 4.79 Å². The summed E-state index contributed by atoms with van der Waals surface area (Å²) in [5.41, 5.74) is 3.38. The van der Waals surface area contributed by atoms with Gasteiger partial charge in [-0.25, -0.2) is 4.79 Å². The largest absolute Gasteiger partial charge is 0.468 e. The number of benzene rings is 1. The lowest BCUT2D eigenvalue weighted by Crippen LogP contribution is -2.35. The summed E-state index contributed by atoms with van der Waals surface area (Å²) in [5, 5.41) is 3.31. The lowest BCUT2D eigenvalue weighted by atomic mass is 10.00. The number of ether oxygens (including phenoxy) is 1. The molecule has 3 heteroatoms. The molecule has 0 heterocycles. The highest BCUT2D eigenvalue weighted by Crippen LogP contribution is 2.19. The van der Waals surface area contributed by atoms with Crippen molar-refractivity contribution in [2.24, 2.45) is 0 Å². The van der Waals surface area contributed by atoms with E-state index in [1.165, 1.54) is 18.2 Å². The summed E-state index contributed by atoms with van der Waals surface area (Å²) in [4.78, 5) is 11.9. The van der Waals surface area contributed by atoms with Crippen LogP contribution in [0.15, 0.2) is 18.2 Å². The molecule has 0 aliphatic rings. The Balaban J connectivity index is 3.01. The van der Waals surface area contributed by atoms with E-state index >= 15 is 0 Å². The highest BCUT2D eigenvalue weighted by molar-refractivity contribution is 5.77. The van der Waals surface area contributed by atoms with Gasteiger partial charge in [-0.15, -0.1) is 0 Å². The fourth-order valence-electron chi connectivity index (χ4n) is 1.76. The molecule has 1 aromatic carbocycles. The second-order valence-electron chi connectivity index (χ2n) is 4.78. The Morgan fingerprint density at radius 3 is 2.50 bits per heavy atom. The summed E-state index contributed by atoms with van der Waals surface area (Å²) in [5.74, 6) is -0.237. The molecule has 0 spiro atoms. The van der Waals surface area contributed by atoms with Crippen LogP contribution in [-0.4, -0.2) is 19.1 Å². The molecule has 0 saturated carbocycles. The van der Waals surface area contributed by atoms with E-state index in [1.54, 1.807) is 0 Å². The third-order valence-electron chi connectivity index (χ3n) is 3.36. The third-order valence-corrected chi connectivity index (χ3v) is 3.36. The number of hydrogen-bond acceptors (Lipinski definition) is 3. The maximum absolute atomic E-state index is 11.9. The molecule has 2 atom stereocenters. The first-order chi connectivity index (χ1) is 8.49. The lowest BCUT2D eigenvalue weighted by Gasteiger charge is -2.21. The van der Waals surface area contributed by atoms with E-state index < -0.39 is 0 Å². The van der Waals surface area contributed by atoms with E-state index in [0.717, 1.165) is 12.0 Å². The molecular weight excluding hydrogens is 226 g/mol. The highest BCUT2D eigenvalue weighted by atomic mass is 16.5. The van der Waals surface area contributed by atoms with Gasteiger partial charge in [-0.05, 0) is 43.9 Å². The Morgan fingerprint density at radius 2 is 2.00 bits per heavy atom. The monoisotopic (exact) mass is 249 g/mol. The second kappa shape index (κ2) is 6.55. The van der Waals surface area contributed by atoms with Gasteiger partial charge in [0, 0.05) is 6.04 Å². The van der Waals surface area contributed by atoms with Crippen LogP contribution in [-0.2, 0) is 9.53 Å². The van der Waals surface area contributed by atoms with E-state index in [0.29, 0.717) is 0 Å². The molecule has 0 bridgehead atoms. The normalized spacial score (nSPS) is 14.1. The van der Waals surface area contributed by atoms with Gasteiger partial charge in [0.2, 0.25) is 0 Å². The van der Waals surface area contributed by atoms with Crippen LogP contribution in [0.2, 0.25) is 0 Å². The first-order valence-electron chi connectivity index (χ1n) is 6.40. The van der Waals surface area contributed by atoms with E-state index in [2.05, 4.69) is 33.0 Å². The van der Waals surface area contributed by atoms with Crippen molar-refractivity contribution in [3.8, 4) is 0 Å². The molecule has 0 saturated heterocycles. The van der Waals surface area contributed by atoms with Crippen molar-refractivity contribution in [3.63, 3.8) is 0 Å². The van der Waals surface area contributed by atoms with Gasteiger partial charge in [0.1, 0.15) is 6.04 Å². The zero-order chi connectivity index (χ0) is 13.7. The zero-order valence-electron chi connectivity index (χ0n) is 11.9. The van der Waals surface area contributed by atoms with Crippen molar-refractivity contribution in [2.45, 2.75) is 46.2 Å². The quantitative estimate of drug-likeness (QED) is 0.815. The van der Waals surface area contributed by atoms with Crippen LogP contribution in [0.1, 0.15) is 43.0 Å². The van der Waals surface area contributed by atoms with Gasteiger partial charge in [0.15, 0.2) is 0 Å². The average Bonchev–Trinajstić information content (AvgIpc) is 2.38. The van der Waals surface area contributed by atoms with Crippen LogP contribution < -0.4 is 5.32 Å². The number of hydrogen-bond donors (Lipinski definition) is 1. The number of carbonyl (C=O) groups is 1. The van der Waals surface area contributed by atoms with Crippen LogP contribution in [0.3, 0.4) is 0 Å². The maximum Gasteiger partial charge on any atom is 0.327 e. The summed E-state index contributed by atoms with van der Waals surface area (Å²) < 4.78 is 4.88. The fourth-order valence-corrected chi connectivity index (χ4v) is 1.76. The van der Waals surface area contributed by atoms with Gasteiger partial charge < -0.3 is 4.74 Å². The van der Waals surface area contributed by atoms with Gasteiger partial charge in [-0.1, -0.05) is 25.1 Å². The summed E-state index contributed by atoms with van der Waals surface area (Å²) in [6, 6.07) is 5.96. The van der Waals surface area contributed by atoms with Crippen LogP contribution in [0.4, 0.5) is 0 Å². The molecule has 3 nitrogen and oxygen atoms in total. The number of nitrogens with one attached hydrogen (secondary N) is 1. The molecule has 100 valence electrons. The fraction of sp³-hybridized carbons (Fsp3) is 0.533. The summed E-state index contributed by atoms with van der Waals surface area (Å²) in [6.07, 6.45) is 0.971. The number of rotatable bonds is 5. The molecule has 0 aliphatic carbocycles. The predicted octanol–water partition coefficient (Wildman–Crippen LogP) is 2.91. The SMILES string of the molecule is CCC(C)NC(C(=O)OC)c1ccc(C)c(C)c1. The minimum Gasteiger partial charge on any atom is -0.468 e. The Bertz CT molecular complexity index is 415. The average molecular weight is 249 g/mol. The Hall–Kier alpha value is -1.35. The first kappa shape index (κ1) is 14.7.